The van der Waals surface area contributed by atoms with Crippen molar-refractivity contribution in [3.63, 3.8) is 0 Å². The van der Waals surface area contributed by atoms with Crippen LogP contribution in [0.3, 0.4) is 0 Å². The number of methoxy groups -OCH3 is 2. The number of aromatic amines is 1. The number of aliphatic carboxylic acids is 4. The highest BCUT2D eigenvalue weighted by Crippen LogP contribution is 2.44. The van der Waals surface area contributed by atoms with Gasteiger partial charge in [0.05, 0.1) is 55.3 Å². The average Bonchev–Trinajstić information content (AvgIpc) is 1.17. The zero-order chi connectivity index (χ0) is 92.5. The molecule has 0 saturated carbocycles. The van der Waals surface area contributed by atoms with Gasteiger partial charge in [-0.1, -0.05) is 178 Å². The first-order valence-corrected chi connectivity index (χ1v) is 46.4. The molecule has 3 heterocycles. The molecule has 38 heteroatoms. The summed E-state index contributed by atoms with van der Waals surface area (Å²) in [6.07, 6.45) is 20.3. The van der Waals surface area contributed by atoms with Crippen molar-refractivity contribution in [3.05, 3.63) is 52.1 Å². The summed E-state index contributed by atoms with van der Waals surface area (Å²) in [6, 6.07) is 3.99. The zero-order valence-corrected chi connectivity index (χ0v) is 78.9. The maximum atomic E-state index is 14.3. The Labute approximate surface area is 749 Å². The number of hydroxylamine groups is 2. The minimum Gasteiger partial charge on any atom is -0.481 e. The molecular weight excluding hydrogens is 1710 g/mol. The van der Waals surface area contributed by atoms with Gasteiger partial charge in [-0.3, -0.25) is 57.7 Å². The average molecular weight is 1840 g/mol. The van der Waals surface area contributed by atoms with Gasteiger partial charge in [0.2, 0.25) is 17.8 Å². The number of carbonyl (C=O) groups excluding carboxylic acids is 9. The van der Waals surface area contributed by atoms with Crippen molar-refractivity contribution in [3.8, 4) is 0 Å². The number of H-pyrrole nitrogens is 1. The Morgan fingerprint density at radius 1 is 0.561 bits per heavy atom. The number of thiocarbonyl (C=S) groups is 2. The van der Waals surface area contributed by atoms with Crippen molar-refractivity contribution < 1.29 is 102 Å². The summed E-state index contributed by atoms with van der Waals surface area (Å²) in [5.74, 6) is -16.0. The molecule has 1 aliphatic heterocycles. The highest BCUT2D eigenvalue weighted by atomic mass is 32.2. The van der Waals surface area contributed by atoms with E-state index in [0.29, 0.717) is 23.5 Å². The predicted octanol–water partition coefficient (Wildman–Crippen LogP) is 15.1. The molecule has 123 heavy (non-hydrogen) atoms. The summed E-state index contributed by atoms with van der Waals surface area (Å²) in [4.78, 5) is 206. The number of carbonyl (C=O) groups is 13. The van der Waals surface area contributed by atoms with Crippen molar-refractivity contribution in [2.24, 2.45) is 34.5 Å². The molecule has 688 valence electrons. The SMILES string of the molecule is CCCCCCCCCCC(C)SC(=S)SC(C)(CC(CC(CC(C)(C)C(=O)O)C(=O)NC(C)C)C(=O)ON1C(=O)CCC1=O)C(=O)OC.CCCCCCCCCCC(C)SC(=S)SC(C)(CC(CC(CC(C)(C)C(=O)O)C(=O)NC(C)C)C(=O)ONc1nc2ncc(CNc3ccc(C(=O)NC(CCC(=O)O)C(=O)O)cc3)nc2c(=O)[nH]1)C(=O)OC. The minimum absolute atomic E-state index is 0.0631. The Morgan fingerprint density at radius 2 is 0.992 bits per heavy atom. The number of nitrogens with zero attached hydrogens (tertiary/aromatic N) is 4. The third kappa shape index (κ3) is 40.0. The number of hydrogen-bond donors (Lipinski definition) is 10. The van der Waals surface area contributed by atoms with Crippen LogP contribution >= 0.6 is 71.5 Å². The molecule has 2 aromatic heterocycles. The highest BCUT2D eigenvalue weighted by molar-refractivity contribution is 8.48. The maximum Gasteiger partial charge on any atom is 0.336 e. The number of ether oxygens (including phenoxy) is 2. The Bertz CT molecular complexity index is 4100. The molecule has 1 aromatic carbocycles. The molecule has 3 aromatic rings. The van der Waals surface area contributed by atoms with E-state index in [9.17, 15) is 82.4 Å². The monoisotopic (exact) mass is 1830 g/mol. The number of aromatic nitrogens is 4. The molecule has 1 saturated heterocycles. The van der Waals surface area contributed by atoms with Gasteiger partial charge in [0.1, 0.15) is 22.6 Å². The van der Waals surface area contributed by atoms with E-state index in [1.165, 1.54) is 161 Å². The fraction of sp³-hybridized carbons (Fsp3) is 0.682. The predicted molar refractivity (Wildman–Crippen MR) is 485 cm³/mol. The van der Waals surface area contributed by atoms with Gasteiger partial charge in [-0.2, -0.15) is 10.5 Å². The molecule has 10 N–H and O–H groups in total. The first-order valence-electron chi connectivity index (χ1n) is 42.2. The standard InChI is InChI=1S/C50H72N8O13S3.C35H58N2O9S3/c1-9-10-11-12-13-14-15-16-17-30(4)73-48(72)74-50(7,46(69)70-8)26-33(24-32(41(62)53-29(2)3)25-49(5,6)45(67)68)44(66)71-58-47-56-39-38(42(63)57-47)54-35(28-52-39)27-51-34-20-18-31(19-21-34)40(61)55-36(43(64)65)22-23-37(59)60;1-9-10-11-12-13-14-15-16-17-24(4)48-33(47)49-35(7,32(44)45-8)22-26(30(41)46-37-27(38)18-19-28(37)39)20-25(29(40)36-23(2)3)21-34(5,6)31(42)43/h18-21,28-30,32-33,36,51H,9-17,22-27H2,1-8H3,(H,53,62)(H,55,61)(H,59,60)(H,64,65)(H,67,68)(H2,52,56,57,58,63);23-26H,9-22H2,1-8H3,(H,36,40)(H,42,43). The van der Waals surface area contributed by atoms with E-state index in [1.807, 2.05) is 0 Å². The number of hydrogen-bond acceptors (Lipinski definition) is 29. The van der Waals surface area contributed by atoms with Crippen LogP contribution in [0.1, 0.15) is 293 Å². The van der Waals surface area contributed by atoms with Crippen LogP contribution in [0.2, 0.25) is 0 Å². The second-order valence-electron chi connectivity index (χ2n) is 33.5. The Kier molecular flexibility index (Phi) is 48.6. The van der Waals surface area contributed by atoms with Gasteiger partial charge in [-0.05, 0) is 151 Å². The third-order valence-corrected chi connectivity index (χ3v) is 26.2. The quantitative estimate of drug-likeness (QED) is 0.00626. The lowest BCUT2D eigenvalue weighted by atomic mass is 9.77. The summed E-state index contributed by atoms with van der Waals surface area (Å²) >= 11 is 16.6. The van der Waals surface area contributed by atoms with Crippen LogP contribution < -0.4 is 32.3 Å². The molecule has 0 spiro atoms. The number of fused-ring (bicyclic) bond motifs is 1. The number of nitrogens with one attached hydrogen (secondary N) is 6. The van der Waals surface area contributed by atoms with Crippen LogP contribution in [0.25, 0.3) is 11.2 Å². The number of benzene rings is 1. The van der Waals surface area contributed by atoms with Crippen LogP contribution in [-0.2, 0) is 83.2 Å². The van der Waals surface area contributed by atoms with E-state index in [-0.39, 0.29) is 110 Å². The highest BCUT2D eigenvalue weighted by Gasteiger charge is 2.48. The number of amides is 5. The van der Waals surface area contributed by atoms with E-state index in [0.717, 1.165) is 62.0 Å². The molecule has 9 unspecified atom stereocenters. The number of esters is 2. The van der Waals surface area contributed by atoms with Gasteiger partial charge in [-0.15, -0.1) is 28.6 Å². The summed E-state index contributed by atoms with van der Waals surface area (Å²) in [7, 11) is 2.45. The van der Waals surface area contributed by atoms with Gasteiger partial charge in [0.25, 0.3) is 23.3 Å². The molecule has 4 rings (SSSR count). The van der Waals surface area contributed by atoms with E-state index < -0.39 is 139 Å². The van der Waals surface area contributed by atoms with E-state index in [1.54, 1.807) is 53.7 Å². The molecule has 5 amide bonds. The lowest BCUT2D eigenvalue weighted by Gasteiger charge is -2.33. The number of thioether (sulfide) groups is 4. The zero-order valence-electron chi connectivity index (χ0n) is 74.0. The van der Waals surface area contributed by atoms with Crippen LogP contribution in [0.15, 0.2) is 35.3 Å². The molecule has 0 aliphatic carbocycles. The number of carboxylic acids is 4. The second kappa shape index (κ2) is 54.7. The Balaban J connectivity index is 0.000000692. The molecule has 0 bridgehead atoms. The van der Waals surface area contributed by atoms with Crippen LogP contribution in [0.5, 0.6) is 0 Å². The van der Waals surface area contributed by atoms with Crippen molar-refractivity contribution in [1.82, 2.24) is 40.9 Å². The summed E-state index contributed by atoms with van der Waals surface area (Å²) in [5.41, 5.74) is -0.418. The number of rotatable bonds is 56. The number of anilines is 2. The van der Waals surface area contributed by atoms with Gasteiger partial charge >= 0.3 is 47.8 Å². The normalized spacial score (nSPS) is 15.0. The van der Waals surface area contributed by atoms with Gasteiger partial charge in [0, 0.05) is 64.9 Å². The Hall–Kier alpha value is -8.07. The lowest BCUT2D eigenvalue weighted by molar-refractivity contribution is -0.201. The lowest BCUT2D eigenvalue weighted by Crippen LogP contribution is -2.44. The smallest absolute Gasteiger partial charge is 0.336 e. The maximum absolute atomic E-state index is 14.3. The van der Waals surface area contributed by atoms with Crippen LogP contribution in [-0.4, -0.2) is 182 Å². The van der Waals surface area contributed by atoms with Gasteiger partial charge in [0.15, 0.2) is 11.2 Å². The third-order valence-electron chi connectivity index (χ3n) is 20.5. The fourth-order valence-electron chi connectivity index (χ4n) is 13.5. The minimum atomic E-state index is -1.47. The molecular formula is C85H130N10O22S6. The first-order chi connectivity index (χ1) is 57.7. The van der Waals surface area contributed by atoms with Gasteiger partial charge in [-0.25, -0.2) is 24.4 Å². The number of imide groups is 1. The number of unbranched alkanes of at least 4 members (excludes halogenated alkanes) is 14. The van der Waals surface area contributed by atoms with Crippen molar-refractivity contribution in [2.75, 3.05) is 25.0 Å². The Morgan fingerprint density at radius 3 is 1.40 bits per heavy atom. The molecule has 9 atom stereocenters. The van der Waals surface area contributed by atoms with Crippen LogP contribution in [0, 0.1) is 34.5 Å². The molecule has 0 radical (unpaired) electrons. The van der Waals surface area contributed by atoms with E-state index in [4.69, 9.17) is 48.7 Å². The summed E-state index contributed by atoms with van der Waals surface area (Å²) in [6.45, 7) is 24.7. The molecule has 32 nitrogen and oxygen atoms in total. The van der Waals surface area contributed by atoms with E-state index in [2.05, 4.69) is 74.4 Å². The first kappa shape index (κ1) is 109. The fourth-order valence-corrected chi connectivity index (χ4v) is 20.9. The summed E-state index contributed by atoms with van der Waals surface area (Å²) < 4.78 is 8.46. The second-order valence-corrected chi connectivity index (χ2v) is 41.8. The molecule has 1 fully saturated rings. The summed E-state index contributed by atoms with van der Waals surface area (Å²) in [5, 5.41) is 49.9. The topological polar surface area (TPSA) is 475 Å². The van der Waals surface area contributed by atoms with E-state index >= 15 is 0 Å². The van der Waals surface area contributed by atoms with Crippen molar-refractivity contribution in [1.29, 1.82) is 0 Å². The van der Waals surface area contributed by atoms with Crippen molar-refractivity contribution >= 4 is 179 Å². The van der Waals surface area contributed by atoms with Gasteiger partial charge < -0.3 is 60.8 Å². The molecule has 1 aliphatic rings. The van der Waals surface area contributed by atoms with Crippen LogP contribution in [0.4, 0.5) is 11.6 Å². The van der Waals surface area contributed by atoms with Crippen molar-refractivity contribution in [2.45, 2.75) is 321 Å². The largest absolute Gasteiger partial charge is 0.481 e. The number of carboxylic acid groups (broad SMARTS) is 4.